The van der Waals surface area contributed by atoms with Gasteiger partial charge in [0.2, 0.25) is 0 Å². The zero-order valence-corrected chi connectivity index (χ0v) is 13.0. The van der Waals surface area contributed by atoms with Crippen molar-refractivity contribution in [2.75, 3.05) is 12.4 Å². The highest BCUT2D eigenvalue weighted by Gasteiger charge is 2.03. The van der Waals surface area contributed by atoms with E-state index in [1.165, 1.54) is 16.7 Å². The Kier molecular flexibility index (Phi) is 4.48. The molecular formula is C16H18BrNO. The molecule has 3 heteroatoms. The minimum Gasteiger partial charge on any atom is -0.497 e. The van der Waals surface area contributed by atoms with Crippen molar-refractivity contribution < 1.29 is 4.74 Å². The van der Waals surface area contributed by atoms with E-state index in [0.29, 0.717) is 0 Å². The van der Waals surface area contributed by atoms with Crippen LogP contribution in [0.25, 0.3) is 0 Å². The molecule has 0 unspecified atom stereocenters. The van der Waals surface area contributed by atoms with Crippen LogP contribution in [0.1, 0.15) is 16.7 Å². The van der Waals surface area contributed by atoms with Gasteiger partial charge in [-0.05, 0) is 42.7 Å². The zero-order valence-electron chi connectivity index (χ0n) is 11.5. The lowest BCUT2D eigenvalue weighted by molar-refractivity contribution is 0.414. The van der Waals surface area contributed by atoms with Gasteiger partial charge < -0.3 is 10.1 Å². The minimum absolute atomic E-state index is 0.818. The number of halogens is 1. The number of rotatable bonds is 4. The summed E-state index contributed by atoms with van der Waals surface area (Å²) in [5.74, 6) is 0.846. The smallest absolute Gasteiger partial charge is 0.122 e. The van der Waals surface area contributed by atoms with E-state index in [9.17, 15) is 0 Å². The number of hydrogen-bond donors (Lipinski definition) is 1. The van der Waals surface area contributed by atoms with Crippen LogP contribution >= 0.6 is 15.9 Å². The van der Waals surface area contributed by atoms with Gasteiger partial charge in [-0.15, -0.1) is 0 Å². The van der Waals surface area contributed by atoms with Crippen molar-refractivity contribution in [1.29, 1.82) is 0 Å². The number of ether oxygens (including phenoxy) is 1. The van der Waals surface area contributed by atoms with Gasteiger partial charge in [0.05, 0.1) is 7.11 Å². The standard InChI is InChI=1S/C16H18BrNO/c1-11-5-4-6-12(2)16(11)10-18-14-7-13(17)8-15(9-14)19-3/h4-9,18H,10H2,1-3H3. The molecule has 0 radical (unpaired) electrons. The van der Waals surface area contributed by atoms with E-state index < -0.39 is 0 Å². The van der Waals surface area contributed by atoms with Crippen molar-refractivity contribution >= 4 is 21.6 Å². The van der Waals surface area contributed by atoms with Crippen molar-refractivity contribution in [3.63, 3.8) is 0 Å². The second-order valence-corrected chi connectivity index (χ2v) is 5.52. The summed E-state index contributed by atoms with van der Waals surface area (Å²) in [5.41, 5.74) is 5.03. The molecule has 0 saturated carbocycles. The molecule has 2 aromatic rings. The molecule has 0 saturated heterocycles. The van der Waals surface area contributed by atoms with Crippen LogP contribution in [0.2, 0.25) is 0 Å². The number of anilines is 1. The summed E-state index contributed by atoms with van der Waals surface area (Å²) in [5, 5.41) is 3.45. The molecule has 1 N–H and O–H groups in total. The van der Waals surface area contributed by atoms with Crippen molar-refractivity contribution in [2.24, 2.45) is 0 Å². The molecule has 0 aromatic heterocycles. The largest absolute Gasteiger partial charge is 0.497 e. The lowest BCUT2D eigenvalue weighted by atomic mass is 10.0. The van der Waals surface area contributed by atoms with E-state index in [1.807, 2.05) is 12.1 Å². The predicted octanol–water partition coefficient (Wildman–Crippen LogP) is 4.69. The highest BCUT2D eigenvalue weighted by molar-refractivity contribution is 9.10. The second-order valence-electron chi connectivity index (χ2n) is 4.60. The van der Waals surface area contributed by atoms with Gasteiger partial charge in [0.25, 0.3) is 0 Å². The Bertz CT molecular complexity index is 561. The predicted molar refractivity (Wildman–Crippen MR) is 83.9 cm³/mol. The number of methoxy groups -OCH3 is 1. The molecule has 0 spiro atoms. The normalized spacial score (nSPS) is 10.3. The van der Waals surface area contributed by atoms with E-state index in [2.05, 4.69) is 59.4 Å². The summed E-state index contributed by atoms with van der Waals surface area (Å²) in [6.07, 6.45) is 0. The molecule has 0 bridgehead atoms. The van der Waals surface area contributed by atoms with Crippen LogP contribution in [0.4, 0.5) is 5.69 Å². The highest BCUT2D eigenvalue weighted by Crippen LogP contribution is 2.25. The first-order valence-electron chi connectivity index (χ1n) is 6.23. The lowest BCUT2D eigenvalue weighted by Gasteiger charge is -2.13. The summed E-state index contributed by atoms with van der Waals surface area (Å²) >= 11 is 3.49. The minimum atomic E-state index is 0.818. The van der Waals surface area contributed by atoms with Crippen LogP contribution in [-0.2, 0) is 6.54 Å². The maximum atomic E-state index is 5.27. The van der Waals surface area contributed by atoms with Crippen molar-refractivity contribution in [3.05, 3.63) is 57.6 Å². The summed E-state index contributed by atoms with van der Waals surface area (Å²) in [7, 11) is 1.68. The molecule has 2 aromatic carbocycles. The van der Waals surface area contributed by atoms with E-state index >= 15 is 0 Å². The lowest BCUT2D eigenvalue weighted by Crippen LogP contribution is -2.03. The Morgan fingerprint density at radius 2 is 1.79 bits per heavy atom. The Labute approximate surface area is 122 Å². The second kappa shape index (κ2) is 6.11. The van der Waals surface area contributed by atoms with Crippen LogP contribution in [0.15, 0.2) is 40.9 Å². The summed E-state index contributed by atoms with van der Waals surface area (Å²) in [4.78, 5) is 0. The van der Waals surface area contributed by atoms with Crippen molar-refractivity contribution in [3.8, 4) is 5.75 Å². The van der Waals surface area contributed by atoms with Gasteiger partial charge in [-0.3, -0.25) is 0 Å². The van der Waals surface area contributed by atoms with Gasteiger partial charge >= 0.3 is 0 Å². The number of aryl methyl sites for hydroxylation is 2. The van der Waals surface area contributed by atoms with Gasteiger partial charge in [-0.2, -0.15) is 0 Å². The number of benzene rings is 2. The van der Waals surface area contributed by atoms with Crippen LogP contribution in [0, 0.1) is 13.8 Å². The Balaban J connectivity index is 2.16. The zero-order chi connectivity index (χ0) is 13.8. The van der Waals surface area contributed by atoms with Crippen LogP contribution in [0.5, 0.6) is 5.75 Å². The first-order valence-corrected chi connectivity index (χ1v) is 7.03. The molecule has 0 atom stereocenters. The molecule has 19 heavy (non-hydrogen) atoms. The van der Waals surface area contributed by atoms with Crippen molar-refractivity contribution in [1.82, 2.24) is 0 Å². The SMILES string of the molecule is COc1cc(Br)cc(NCc2c(C)cccc2C)c1. The quantitative estimate of drug-likeness (QED) is 0.883. The van der Waals surface area contributed by atoms with Gasteiger partial charge in [0.1, 0.15) is 5.75 Å². The average molecular weight is 320 g/mol. The molecule has 0 amide bonds. The van der Waals surface area contributed by atoms with E-state index in [1.54, 1.807) is 7.11 Å². The Morgan fingerprint density at radius 3 is 2.42 bits per heavy atom. The maximum Gasteiger partial charge on any atom is 0.122 e. The maximum absolute atomic E-state index is 5.27. The third-order valence-electron chi connectivity index (χ3n) is 3.22. The fourth-order valence-corrected chi connectivity index (χ4v) is 2.57. The fraction of sp³-hybridized carbons (Fsp3) is 0.250. The van der Waals surface area contributed by atoms with Gasteiger partial charge in [0.15, 0.2) is 0 Å². The summed E-state index contributed by atoms with van der Waals surface area (Å²) < 4.78 is 6.28. The molecule has 0 fully saturated rings. The van der Waals surface area contributed by atoms with E-state index in [4.69, 9.17) is 4.74 Å². The van der Waals surface area contributed by atoms with E-state index in [0.717, 1.165) is 22.5 Å². The van der Waals surface area contributed by atoms with E-state index in [-0.39, 0.29) is 0 Å². The summed E-state index contributed by atoms with van der Waals surface area (Å²) in [6, 6.07) is 12.4. The van der Waals surface area contributed by atoms with Crippen LogP contribution in [-0.4, -0.2) is 7.11 Å². The molecule has 100 valence electrons. The topological polar surface area (TPSA) is 21.3 Å². The highest BCUT2D eigenvalue weighted by atomic mass is 79.9. The summed E-state index contributed by atoms with van der Waals surface area (Å²) in [6.45, 7) is 5.11. The number of hydrogen-bond acceptors (Lipinski definition) is 2. The van der Waals surface area contributed by atoms with Crippen LogP contribution < -0.4 is 10.1 Å². The Morgan fingerprint density at radius 1 is 1.11 bits per heavy atom. The third-order valence-corrected chi connectivity index (χ3v) is 3.68. The molecule has 0 aliphatic rings. The molecular weight excluding hydrogens is 302 g/mol. The molecule has 0 heterocycles. The van der Waals surface area contributed by atoms with Gasteiger partial charge in [-0.1, -0.05) is 34.1 Å². The van der Waals surface area contributed by atoms with Gasteiger partial charge in [0, 0.05) is 22.8 Å². The molecule has 0 aliphatic carbocycles. The fourth-order valence-electron chi connectivity index (χ4n) is 2.10. The first kappa shape index (κ1) is 13.9. The Hall–Kier alpha value is -1.48. The molecule has 2 rings (SSSR count). The molecule has 0 aliphatic heterocycles. The molecule has 2 nitrogen and oxygen atoms in total. The first-order chi connectivity index (χ1) is 9.10. The van der Waals surface area contributed by atoms with Crippen LogP contribution in [0.3, 0.4) is 0 Å². The van der Waals surface area contributed by atoms with Gasteiger partial charge in [-0.25, -0.2) is 0 Å². The number of nitrogens with one attached hydrogen (secondary N) is 1. The third kappa shape index (κ3) is 3.51. The average Bonchev–Trinajstić information content (AvgIpc) is 2.37. The monoisotopic (exact) mass is 319 g/mol. The van der Waals surface area contributed by atoms with Crippen molar-refractivity contribution in [2.45, 2.75) is 20.4 Å².